The van der Waals surface area contributed by atoms with Crippen LogP contribution in [0.15, 0.2) is 47.4 Å². The average Bonchev–Trinajstić information content (AvgIpc) is 3.04. The second-order valence-electron chi connectivity index (χ2n) is 5.98. The molecule has 0 amide bonds. The lowest BCUT2D eigenvalue weighted by Gasteiger charge is -2.27. The van der Waals surface area contributed by atoms with E-state index >= 15 is 0 Å². The van der Waals surface area contributed by atoms with E-state index in [0.717, 1.165) is 24.5 Å². The molecule has 0 saturated carbocycles. The molecule has 1 N–H and O–H groups in total. The number of nitrogens with zero attached hydrogens (tertiary/aromatic N) is 2. The number of rotatable bonds is 5. The lowest BCUT2D eigenvalue weighted by molar-refractivity contribution is -0.384. The van der Waals surface area contributed by atoms with Crippen molar-refractivity contribution in [2.24, 2.45) is 0 Å². The molecule has 0 radical (unpaired) electrons. The molecule has 0 saturated heterocycles. The zero-order chi connectivity index (χ0) is 18.2. The van der Waals surface area contributed by atoms with E-state index in [-0.39, 0.29) is 16.6 Å². The van der Waals surface area contributed by atoms with Crippen LogP contribution in [0.25, 0.3) is 0 Å². The highest BCUT2D eigenvalue weighted by molar-refractivity contribution is 7.89. The van der Waals surface area contributed by atoms with Crippen molar-refractivity contribution in [3.63, 3.8) is 0 Å². The Balaban J connectivity index is 2.04. The summed E-state index contributed by atoms with van der Waals surface area (Å²) in [6.45, 7) is 0. The topological polar surface area (TPSA) is 92.6 Å². The van der Waals surface area contributed by atoms with Gasteiger partial charge in [-0.25, -0.2) is 13.1 Å². The quantitative estimate of drug-likeness (QED) is 0.653. The summed E-state index contributed by atoms with van der Waals surface area (Å²) < 4.78 is 26.0. The summed E-state index contributed by atoms with van der Waals surface area (Å²) in [5.41, 5.74) is 2.59. The minimum atomic E-state index is -3.74. The van der Waals surface area contributed by atoms with E-state index in [4.69, 9.17) is 0 Å². The highest BCUT2D eigenvalue weighted by atomic mass is 32.2. The number of nitro groups is 1. The van der Waals surface area contributed by atoms with Gasteiger partial charge >= 0.3 is 0 Å². The highest BCUT2D eigenvalue weighted by Gasteiger charge is 2.30. The highest BCUT2D eigenvalue weighted by Crippen LogP contribution is 2.40. The fourth-order valence-electron chi connectivity index (χ4n) is 3.34. The number of nitrogens with one attached hydrogen (secondary N) is 1. The average molecular weight is 361 g/mol. The van der Waals surface area contributed by atoms with E-state index in [1.54, 1.807) is 7.05 Å². The van der Waals surface area contributed by atoms with Crippen LogP contribution in [0.2, 0.25) is 0 Å². The molecule has 0 aliphatic heterocycles. The molecular weight excluding hydrogens is 342 g/mol. The first-order chi connectivity index (χ1) is 11.8. The molecule has 0 heterocycles. The summed E-state index contributed by atoms with van der Waals surface area (Å²) in [6, 6.07) is 12.1. The molecule has 1 atom stereocenters. The Labute approximate surface area is 146 Å². The first-order valence-corrected chi connectivity index (χ1v) is 9.36. The SMILES string of the molecule is CNS(=O)(=O)c1ccc(N(C)C2CCc3ccccc32)c([N+](=O)[O-])c1. The number of fused-ring (bicyclic) bond motifs is 1. The number of sulfonamides is 1. The summed E-state index contributed by atoms with van der Waals surface area (Å²) in [5.74, 6) is 0. The lowest BCUT2D eigenvalue weighted by atomic mass is 10.1. The maximum Gasteiger partial charge on any atom is 0.293 e. The predicted molar refractivity (Wildman–Crippen MR) is 95.2 cm³/mol. The summed E-state index contributed by atoms with van der Waals surface area (Å²) in [4.78, 5) is 12.7. The van der Waals surface area contributed by atoms with Gasteiger partial charge in [-0.15, -0.1) is 0 Å². The minimum absolute atomic E-state index is 0.0293. The molecule has 1 aliphatic carbocycles. The number of benzene rings is 2. The van der Waals surface area contributed by atoms with Crippen LogP contribution in [0.1, 0.15) is 23.6 Å². The molecule has 0 aromatic heterocycles. The van der Waals surface area contributed by atoms with Crippen LogP contribution >= 0.6 is 0 Å². The van der Waals surface area contributed by atoms with Crippen LogP contribution in [0.5, 0.6) is 0 Å². The van der Waals surface area contributed by atoms with Crippen molar-refractivity contribution < 1.29 is 13.3 Å². The van der Waals surface area contributed by atoms with Gasteiger partial charge in [0.05, 0.1) is 15.9 Å². The minimum Gasteiger partial charge on any atom is -0.362 e. The predicted octanol–water partition coefficient (Wildman–Crippen LogP) is 2.63. The Morgan fingerprint density at radius 3 is 2.64 bits per heavy atom. The Bertz CT molecular complexity index is 927. The van der Waals surface area contributed by atoms with Crippen molar-refractivity contribution in [3.8, 4) is 0 Å². The molecule has 0 spiro atoms. The Kier molecular flexibility index (Phi) is 4.49. The molecule has 0 bridgehead atoms. The summed E-state index contributed by atoms with van der Waals surface area (Å²) in [6.07, 6.45) is 1.79. The van der Waals surface area contributed by atoms with Gasteiger partial charge in [-0.3, -0.25) is 10.1 Å². The molecule has 1 unspecified atom stereocenters. The van der Waals surface area contributed by atoms with Crippen LogP contribution in [0.4, 0.5) is 11.4 Å². The number of aryl methyl sites for hydroxylation is 1. The molecule has 1 aliphatic rings. The first kappa shape index (κ1) is 17.4. The van der Waals surface area contributed by atoms with Gasteiger partial charge in [0.15, 0.2) is 0 Å². The molecule has 8 heteroatoms. The monoisotopic (exact) mass is 361 g/mol. The van der Waals surface area contributed by atoms with Gasteiger partial charge in [0.25, 0.3) is 5.69 Å². The number of hydrogen-bond acceptors (Lipinski definition) is 5. The van der Waals surface area contributed by atoms with Crippen molar-refractivity contribution >= 4 is 21.4 Å². The standard InChI is InChI=1S/C17H19N3O4S/c1-18-25(23,24)13-8-10-16(17(11-13)20(21)22)19(2)15-9-7-12-5-3-4-6-14(12)15/h3-6,8,10-11,15,18H,7,9H2,1-2H3. The molecule has 2 aromatic carbocycles. The van der Waals surface area contributed by atoms with E-state index in [1.165, 1.54) is 24.7 Å². The van der Waals surface area contributed by atoms with E-state index in [0.29, 0.717) is 5.69 Å². The van der Waals surface area contributed by atoms with Crippen LogP contribution in [0, 0.1) is 10.1 Å². The summed E-state index contributed by atoms with van der Waals surface area (Å²) >= 11 is 0. The Morgan fingerprint density at radius 1 is 1.24 bits per heavy atom. The lowest BCUT2D eigenvalue weighted by Crippen LogP contribution is -2.24. The van der Waals surface area contributed by atoms with Crippen molar-refractivity contribution in [1.29, 1.82) is 0 Å². The fourth-order valence-corrected chi connectivity index (χ4v) is 4.09. The van der Waals surface area contributed by atoms with Gasteiger partial charge in [-0.2, -0.15) is 0 Å². The second-order valence-corrected chi connectivity index (χ2v) is 7.87. The molecule has 7 nitrogen and oxygen atoms in total. The molecular formula is C17H19N3O4S. The summed E-state index contributed by atoms with van der Waals surface area (Å²) in [5, 5.41) is 11.5. The zero-order valence-electron chi connectivity index (χ0n) is 14.0. The summed E-state index contributed by atoms with van der Waals surface area (Å²) in [7, 11) is -0.656. The number of nitro benzene ring substituents is 1. The molecule has 132 valence electrons. The third kappa shape index (κ3) is 3.10. The third-order valence-corrected chi connectivity index (χ3v) is 6.08. The first-order valence-electron chi connectivity index (χ1n) is 7.88. The van der Waals surface area contributed by atoms with Crippen LogP contribution in [-0.4, -0.2) is 27.4 Å². The number of anilines is 1. The molecule has 0 fully saturated rings. The third-order valence-electron chi connectivity index (χ3n) is 4.67. The van der Waals surface area contributed by atoms with Gasteiger partial charge in [0, 0.05) is 13.1 Å². The maximum absolute atomic E-state index is 11.9. The maximum atomic E-state index is 11.9. The molecule has 3 rings (SSSR count). The Morgan fingerprint density at radius 2 is 1.96 bits per heavy atom. The van der Waals surface area contributed by atoms with E-state index < -0.39 is 14.9 Å². The van der Waals surface area contributed by atoms with E-state index in [9.17, 15) is 18.5 Å². The van der Waals surface area contributed by atoms with Crippen molar-refractivity contribution in [2.45, 2.75) is 23.8 Å². The van der Waals surface area contributed by atoms with Gasteiger partial charge < -0.3 is 4.90 Å². The van der Waals surface area contributed by atoms with Crippen LogP contribution in [0.3, 0.4) is 0 Å². The second kappa shape index (κ2) is 6.45. The van der Waals surface area contributed by atoms with E-state index in [1.807, 2.05) is 23.1 Å². The van der Waals surface area contributed by atoms with Gasteiger partial charge in [-0.1, -0.05) is 24.3 Å². The van der Waals surface area contributed by atoms with Gasteiger partial charge in [0.2, 0.25) is 10.0 Å². The number of hydrogen-bond donors (Lipinski definition) is 1. The van der Waals surface area contributed by atoms with Crippen LogP contribution in [-0.2, 0) is 16.4 Å². The van der Waals surface area contributed by atoms with Crippen molar-refractivity contribution in [3.05, 3.63) is 63.7 Å². The molecule has 25 heavy (non-hydrogen) atoms. The van der Waals surface area contributed by atoms with Crippen LogP contribution < -0.4 is 9.62 Å². The molecule has 2 aromatic rings. The van der Waals surface area contributed by atoms with Gasteiger partial charge in [-0.05, 0) is 43.1 Å². The largest absolute Gasteiger partial charge is 0.362 e. The smallest absolute Gasteiger partial charge is 0.293 e. The van der Waals surface area contributed by atoms with Gasteiger partial charge in [0.1, 0.15) is 5.69 Å². The zero-order valence-corrected chi connectivity index (χ0v) is 14.8. The normalized spacial score (nSPS) is 16.5. The fraction of sp³-hybridized carbons (Fsp3) is 0.294. The van der Waals surface area contributed by atoms with E-state index in [2.05, 4.69) is 10.8 Å². The van der Waals surface area contributed by atoms with Crippen molar-refractivity contribution in [1.82, 2.24) is 4.72 Å². The van der Waals surface area contributed by atoms with Crippen molar-refractivity contribution in [2.75, 3.05) is 19.0 Å². The Hall–Kier alpha value is -2.45.